The zero-order chi connectivity index (χ0) is 19.3. The van der Waals surface area contributed by atoms with E-state index in [0.29, 0.717) is 6.54 Å². The van der Waals surface area contributed by atoms with Crippen LogP contribution < -0.4 is 11.1 Å². The quantitative estimate of drug-likeness (QED) is 0.354. The molecule has 0 unspecified atom stereocenters. The molecule has 26 heavy (non-hydrogen) atoms. The molecule has 2 aromatic carbocycles. The summed E-state index contributed by atoms with van der Waals surface area (Å²) in [6, 6.07) is 11.1. The summed E-state index contributed by atoms with van der Waals surface area (Å²) in [5.41, 5.74) is 7.33. The van der Waals surface area contributed by atoms with Gasteiger partial charge in [-0.1, -0.05) is 29.8 Å². The van der Waals surface area contributed by atoms with E-state index < -0.39 is 22.9 Å². The second kappa shape index (κ2) is 8.11. The minimum atomic E-state index is -1.04. The van der Waals surface area contributed by atoms with Crippen LogP contribution >= 0.6 is 0 Å². The number of rotatable bonds is 6. The zero-order valence-electron chi connectivity index (χ0n) is 14.4. The van der Waals surface area contributed by atoms with Crippen molar-refractivity contribution in [3.05, 3.63) is 69.3 Å². The van der Waals surface area contributed by atoms with Gasteiger partial charge in [0.05, 0.1) is 16.2 Å². The number of nitrogens with one attached hydrogen (secondary N) is 1. The highest BCUT2D eigenvalue weighted by atomic mass is 16.6. The largest absolute Gasteiger partial charge is 0.449 e. The van der Waals surface area contributed by atoms with E-state index in [9.17, 15) is 19.7 Å². The Balaban J connectivity index is 1.94. The number of amides is 1. The number of nitro benzene ring substituents is 1. The fraction of sp³-hybridized carbons (Fsp3) is 0.222. The Bertz CT molecular complexity index is 833. The van der Waals surface area contributed by atoms with E-state index in [1.54, 1.807) is 0 Å². The number of carbonyl (C=O) groups excluding carboxylic acids is 2. The van der Waals surface area contributed by atoms with Gasteiger partial charge in [0.1, 0.15) is 0 Å². The van der Waals surface area contributed by atoms with Crippen LogP contribution in [0.1, 0.15) is 28.4 Å². The molecule has 0 aromatic heterocycles. The molecule has 2 rings (SSSR count). The maximum atomic E-state index is 12.1. The van der Waals surface area contributed by atoms with E-state index in [2.05, 4.69) is 5.32 Å². The van der Waals surface area contributed by atoms with Crippen LogP contribution in [0.15, 0.2) is 42.5 Å². The maximum absolute atomic E-state index is 12.1. The van der Waals surface area contributed by atoms with Crippen LogP contribution in [-0.2, 0) is 16.1 Å². The fourth-order valence-corrected chi connectivity index (χ4v) is 2.17. The molecular formula is C18H19N3O5. The Kier molecular flexibility index (Phi) is 5.90. The fourth-order valence-electron chi connectivity index (χ4n) is 2.17. The number of aryl methyl sites for hydroxylation is 1. The van der Waals surface area contributed by atoms with Crippen molar-refractivity contribution in [2.75, 3.05) is 5.73 Å². The highest BCUT2D eigenvalue weighted by Gasteiger charge is 2.21. The molecule has 8 nitrogen and oxygen atoms in total. The SMILES string of the molecule is Cc1ccc(CNC(=O)[C@@H](C)OC(=O)c2ccc([N+](=O)[O-])cc2N)cc1. The summed E-state index contributed by atoms with van der Waals surface area (Å²) < 4.78 is 5.09. The van der Waals surface area contributed by atoms with Crippen molar-refractivity contribution >= 4 is 23.3 Å². The molecule has 3 N–H and O–H groups in total. The van der Waals surface area contributed by atoms with Crippen LogP contribution in [0, 0.1) is 17.0 Å². The summed E-state index contributed by atoms with van der Waals surface area (Å²) in [6.45, 7) is 3.71. The number of nitro groups is 1. The number of non-ortho nitro benzene ring substituents is 1. The standard InChI is InChI=1S/C18H19N3O5/c1-11-3-5-13(6-4-11)10-20-17(22)12(2)26-18(23)15-8-7-14(21(24)25)9-16(15)19/h3-9,12H,10,19H2,1-2H3,(H,20,22)/t12-/m1/s1. The van der Waals surface area contributed by atoms with Gasteiger partial charge < -0.3 is 15.8 Å². The first-order chi connectivity index (χ1) is 12.3. The number of nitrogens with zero attached hydrogens (tertiary/aromatic N) is 1. The number of hydrogen-bond donors (Lipinski definition) is 2. The molecule has 2 aromatic rings. The average molecular weight is 357 g/mol. The molecular weight excluding hydrogens is 338 g/mol. The van der Waals surface area contributed by atoms with Gasteiger partial charge in [0.2, 0.25) is 0 Å². The smallest absolute Gasteiger partial charge is 0.341 e. The highest BCUT2D eigenvalue weighted by Crippen LogP contribution is 2.21. The minimum absolute atomic E-state index is 0.0335. The van der Waals surface area contributed by atoms with Gasteiger partial charge in [-0.25, -0.2) is 4.79 Å². The van der Waals surface area contributed by atoms with Crippen LogP contribution in [0.2, 0.25) is 0 Å². The lowest BCUT2D eigenvalue weighted by Crippen LogP contribution is -2.35. The van der Waals surface area contributed by atoms with Gasteiger partial charge >= 0.3 is 5.97 Å². The summed E-state index contributed by atoms with van der Waals surface area (Å²) in [6.07, 6.45) is -1.04. The van der Waals surface area contributed by atoms with Crippen LogP contribution in [0.25, 0.3) is 0 Å². The lowest BCUT2D eigenvalue weighted by molar-refractivity contribution is -0.384. The third-order valence-corrected chi connectivity index (χ3v) is 3.71. The first-order valence-electron chi connectivity index (χ1n) is 7.86. The molecule has 0 fully saturated rings. The lowest BCUT2D eigenvalue weighted by Gasteiger charge is -2.14. The Morgan fingerprint density at radius 2 is 1.88 bits per heavy atom. The Morgan fingerprint density at radius 1 is 1.23 bits per heavy atom. The molecule has 0 heterocycles. The van der Waals surface area contributed by atoms with E-state index in [0.717, 1.165) is 23.3 Å². The van der Waals surface area contributed by atoms with E-state index in [1.807, 2.05) is 31.2 Å². The zero-order valence-corrected chi connectivity index (χ0v) is 14.4. The minimum Gasteiger partial charge on any atom is -0.449 e. The van der Waals surface area contributed by atoms with Gasteiger partial charge in [0.25, 0.3) is 11.6 Å². The van der Waals surface area contributed by atoms with Crippen LogP contribution in [0.4, 0.5) is 11.4 Å². The first kappa shape index (κ1) is 18.9. The van der Waals surface area contributed by atoms with Crippen molar-refractivity contribution in [2.45, 2.75) is 26.5 Å². The maximum Gasteiger partial charge on any atom is 0.341 e. The summed E-state index contributed by atoms with van der Waals surface area (Å²) in [5, 5.41) is 13.4. The summed E-state index contributed by atoms with van der Waals surface area (Å²) >= 11 is 0. The van der Waals surface area contributed by atoms with E-state index in [4.69, 9.17) is 10.5 Å². The molecule has 0 spiro atoms. The van der Waals surface area contributed by atoms with Crippen molar-refractivity contribution < 1.29 is 19.2 Å². The predicted molar refractivity (Wildman–Crippen MR) is 95.4 cm³/mol. The first-order valence-corrected chi connectivity index (χ1v) is 7.86. The van der Waals surface area contributed by atoms with Gasteiger partial charge in [-0.05, 0) is 25.5 Å². The highest BCUT2D eigenvalue weighted by molar-refractivity contribution is 5.97. The molecule has 0 bridgehead atoms. The van der Waals surface area contributed by atoms with Crippen molar-refractivity contribution in [3.8, 4) is 0 Å². The van der Waals surface area contributed by atoms with Crippen molar-refractivity contribution in [2.24, 2.45) is 0 Å². The molecule has 0 aliphatic carbocycles. The number of hydrogen-bond acceptors (Lipinski definition) is 6. The molecule has 0 aliphatic rings. The monoisotopic (exact) mass is 357 g/mol. The van der Waals surface area contributed by atoms with Gasteiger partial charge in [0.15, 0.2) is 6.10 Å². The Labute approximate surface area is 150 Å². The van der Waals surface area contributed by atoms with Gasteiger partial charge in [-0.3, -0.25) is 14.9 Å². The number of ether oxygens (including phenoxy) is 1. The van der Waals surface area contributed by atoms with Gasteiger partial charge in [-0.2, -0.15) is 0 Å². The summed E-state index contributed by atoms with van der Waals surface area (Å²) in [7, 11) is 0. The summed E-state index contributed by atoms with van der Waals surface area (Å²) in [4.78, 5) is 34.3. The molecule has 0 radical (unpaired) electrons. The second-order valence-electron chi connectivity index (χ2n) is 5.78. The molecule has 136 valence electrons. The van der Waals surface area contributed by atoms with Crippen LogP contribution in [0.5, 0.6) is 0 Å². The third-order valence-electron chi connectivity index (χ3n) is 3.71. The molecule has 0 saturated heterocycles. The van der Waals surface area contributed by atoms with Gasteiger partial charge in [0, 0.05) is 18.7 Å². The Hall–Kier alpha value is -3.42. The Morgan fingerprint density at radius 3 is 2.46 bits per heavy atom. The normalized spacial score (nSPS) is 11.5. The predicted octanol–water partition coefficient (Wildman–Crippen LogP) is 2.35. The van der Waals surface area contributed by atoms with E-state index in [1.165, 1.54) is 13.0 Å². The third kappa shape index (κ3) is 4.79. The molecule has 1 amide bonds. The van der Waals surface area contributed by atoms with Crippen LogP contribution in [-0.4, -0.2) is 22.9 Å². The van der Waals surface area contributed by atoms with Crippen molar-refractivity contribution in [1.29, 1.82) is 0 Å². The van der Waals surface area contributed by atoms with E-state index >= 15 is 0 Å². The lowest BCUT2D eigenvalue weighted by atomic mass is 10.1. The van der Waals surface area contributed by atoms with Crippen molar-refractivity contribution in [3.63, 3.8) is 0 Å². The molecule has 1 atom stereocenters. The van der Waals surface area contributed by atoms with E-state index in [-0.39, 0.29) is 16.9 Å². The number of anilines is 1. The molecule has 8 heteroatoms. The number of carbonyl (C=O) groups is 2. The number of nitrogen functional groups attached to an aromatic ring is 1. The van der Waals surface area contributed by atoms with Crippen LogP contribution in [0.3, 0.4) is 0 Å². The average Bonchev–Trinajstić information content (AvgIpc) is 2.60. The second-order valence-corrected chi connectivity index (χ2v) is 5.78. The number of esters is 1. The summed E-state index contributed by atoms with van der Waals surface area (Å²) in [5.74, 6) is -1.28. The topological polar surface area (TPSA) is 125 Å². The molecule has 0 saturated carbocycles. The van der Waals surface area contributed by atoms with Crippen molar-refractivity contribution in [1.82, 2.24) is 5.32 Å². The number of benzene rings is 2. The number of nitrogens with two attached hydrogens (primary N) is 1. The van der Waals surface area contributed by atoms with Gasteiger partial charge in [-0.15, -0.1) is 0 Å². The molecule has 0 aliphatic heterocycles.